The van der Waals surface area contributed by atoms with Crippen molar-refractivity contribution >= 4 is 25.3 Å². The third kappa shape index (κ3) is 4.08. The molecule has 0 aliphatic carbocycles. The van der Waals surface area contributed by atoms with Gasteiger partial charge in [-0.25, -0.2) is 13.3 Å². The molecule has 0 spiro atoms. The maximum atomic E-state index is 15.8. The van der Waals surface area contributed by atoms with Gasteiger partial charge in [0.05, 0.1) is 10.7 Å². The number of carbonyl (C=O) groups is 1. The van der Waals surface area contributed by atoms with E-state index in [1.165, 1.54) is 0 Å². The van der Waals surface area contributed by atoms with Gasteiger partial charge in [-0.2, -0.15) is 0 Å². The fraction of sp³-hybridized carbons (Fsp3) is 0.353. The van der Waals surface area contributed by atoms with E-state index in [0.717, 1.165) is 24.4 Å². The van der Waals surface area contributed by atoms with Crippen molar-refractivity contribution < 1.29 is 50.8 Å². The molecule has 10 nitrogen and oxygen atoms in total. The molecule has 1 aromatic rings. The van der Waals surface area contributed by atoms with Gasteiger partial charge < -0.3 is 29.7 Å². The fourth-order valence-corrected chi connectivity index (χ4v) is 4.03. The Hall–Kier alpha value is -2.05. The van der Waals surface area contributed by atoms with Crippen LogP contribution in [0.4, 0.5) is 8.78 Å². The number of phosphoric ester groups is 1. The number of alkyl halides is 1. The second kappa shape index (κ2) is 7.82. The van der Waals surface area contributed by atoms with Gasteiger partial charge >= 0.3 is 7.82 Å². The number of amides is 1. The minimum Gasteiger partial charge on any atom is -0.404 e. The Morgan fingerprint density at radius 2 is 2.29 bits per heavy atom. The molecule has 3 aliphatic heterocycles. The maximum Gasteiger partial charge on any atom is 0.530 e. The zero-order chi connectivity index (χ0) is 25.3. The van der Waals surface area contributed by atoms with E-state index in [0.29, 0.717) is 4.90 Å². The zero-order valence-corrected chi connectivity index (χ0v) is 16.9. The van der Waals surface area contributed by atoms with Crippen LogP contribution in [0.1, 0.15) is 9.68 Å². The second-order valence-electron chi connectivity index (χ2n) is 6.48. The lowest BCUT2D eigenvalue weighted by atomic mass is 10.1. The van der Waals surface area contributed by atoms with Gasteiger partial charge in [0.15, 0.2) is 6.20 Å². The number of fused-ring (bicyclic) bond motifs is 1. The molecule has 1 aromatic carbocycles. The summed E-state index contributed by atoms with van der Waals surface area (Å²) in [4.78, 5) is 12.2. The van der Waals surface area contributed by atoms with Crippen LogP contribution < -0.4 is 9.84 Å². The van der Waals surface area contributed by atoms with Crippen molar-refractivity contribution in [2.75, 3.05) is 6.56 Å². The normalized spacial score (nSPS) is 39.6. The number of phosphoric acid groups is 1. The molecule has 3 aliphatic rings. The molecule has 14 heteroatoms. The van der Waals surface area contributed by atoms with Crippen molar-refractivity contribution in [3.8, 4) is 5.75 Å². The van der Waals surface area contributed by atoms with Crippen LogP contribution in [0.5, 0.6) is 5.75 Å². The number of aliphatic hydroxyl groups is 2. The highest BCUT2D eigenvalue weighted by atomic mass is 35.5. The molecule has 0 aromatic heterocycles. The van der Waals surface area contributed by atoms with E-state index in [1.54, 1.807) is 0 Å². The summed E-state index contributed by atoms with van der Waals surface area (Å²) in [6, 6.07) is 3.02. The van der Waals surface area contributed by atoms with E-state index < -0.39 is 67.8 Å². The van der Waals surface area contributed by atoms with Crippen LogP contribution >= 0.6 is 19.4 Å². The van der Waals surface area contributed by atoms with E-state index in [2.05, 4.69) is 16.4 Å². The number of hydrogen-bond donors (Lipinski definition) is 3. The Bertz CT molecular complexity index is 1160. The summed E-state index contributed by atoms with van der Waals surface area (Å²) in [7, 11) is -4.92. The van der Waals surface area contributed by atoms with Crippen molar-refractivity contribution in [2.24, 2.45) is 0 Å². The first-order chi connectivity index (χ1) is 15.6. The van der Waals surface area contributed by atoms with Gasteiger partial charge in [0.1, 0.15) is 41.2 Å². The number of halogens is 3. The average molecular weight is 484 g/mol. The highest BCUT2D eigenvalue weighted by Crippen LogP contribution is 2.55. The second-order valence-corrected chi connectivity index (χ2v) is 8.41. The number of ether oxygens (including phenoxy) is 1. The Morgan fingerprint density at radius 1 is 1.55 bits per heavy atom. The first kappa shape index (κ1) is 18.5. The molecule has 1 unspecified atom stereocenters. The quantitative estimate of drug-likeness (QED) is 0.547. The molecule has 168 valence electrons. The Balaban J connectivity index is 1.63. The number of carbonyl (C=O) groups excluding carboxylic acids is 1. The molecule has 1 fully saturated rings. The molecule has 1 saturated heterocycles. The smallest absolute Gasteiger partial charge is 0.404 e. The van der Waals surface area contributed by atoms with E-state index >= 15 is 4.39 Å². The first-order valence-electron chi connectivity index (χ1n) is 9.97. The number of benzene rings is 1. The van der Waals surface area contributed by atoms with Gasteiger partial charge in [0, 0.05) is 11.8 Å². The van der Waals surface area contributed by atoms with Crippen LogP contribution in [0.25, 0.3) is 0 Å². The number of rotatable bonds is 4. The van der Waals surface area contributed by atoms with E-state index in [9.17, 15) is 24.0 Å². The SMILES string of the molecule is [2H]C([2H])(OP1(=O)OCc2cc(F)ccc2O1)[C@@]1(F)O[C@@]([2H])(N2C=C(Cl)C(=O)NC2=C)[C@H](O)[C@@H]1O. The predicted molar refractivity (Wildman–Crippen MR) is 99.2 cm³/mol. The molecular formula is C17H16ClF2N2O8P. The predicted octanol–water partition coefficient (Wildman–Crippen LogP) is 1.59. The maximum absolute atomic E-state index is 15.8. The van der Waals surface area contributed by atoms with Crippen molar-refractivity contribution in [3.63, 3.8) is 0 Å². The van der Waals surface area contributed by atoms with Gasteiger partial charge in [0.25, 0.3) is 11.8 Å². The van der Waals surface area contributed by atoms with Crippen LogP contribution in [0.15, 0.2) is 41.8 Å². The third-order valence-corrected chi connectivity index (χ3v) is 5.79. The van der Waals surface area contributed by atoms with Crippen LogP contribution in [-0.4, -0.2) is 51.8 Å². The standard InChI is InChI=1S/C17H16ClF2N2O8P/c1-8-21-15(25)11(18)5-22(8)16-13(23)14(24)17(20,29-16)7-28-31(26)27-6-9-4-10(19)2-3-12(9)30-31/h2-5,13-14,16,23-24H,1,6-7H2,(H,21,25)/t13-,14+,16-,17-,31?/m1/s1/i7D2,16D. The summed E-state index contributed by atoms with van der Waals surface area (Å²) in [5.74, 6) is -6.15. The Kier molecular flexibility index (Phi) is 4.67. The third-order valence-electron chi connectivity index (χ3n) is 4.34. The van der Waals surface area contributed by atoms with Crippen LogP contribution in [0, 0.1) is 5.82 Å². The summed E-state index contributed by atoms with van der Waals surface area (Å²) in [5.41, 5.74) is 0.109. The summed E-state index contributed by atoms with van der Waals surface area (Å²) in [6.45, 7) is -1.00. The van der Waals surface area contributed by atoms with E-state index in [-0.39, 0.29) is 11.3 Å². The largest absolute Gasteiger partial charge is 0.530 e. The van der Waals surface area contributed by atoms with Crippen LogP contribution in [0.2, 0.25) is 0 Å². The molecule has 0 radical (unpaired) electrons. The Labute approximate surface area is 183 Å². The molecule has 3 heterocycles. The number of hydrogen-bond acceptors (Lipinski definition) is 9. The highest BCUT2D eigenvalue weighted by Gasteiger charge is 2.58. The monoisotopic (exact) mass is 483 g/mol. The molecule has 0 bridgehead atoms. The van der Waals surface area contributed by atoms with Crippen LogP contribution in [0.3, 0.4) is 0 Å². The highest BCUT2D eigenvalue weighted by molar-refractivity contribution is 7.49. The number of aliphatic hydroxyl groups excluding tert-OH is 2. The van der Waals surface area contributed by atoms with E-state index in [1.807, 2.05) is 0 Å². The minimum atomic E-state index is -4.92. The molecule has 31 heavy (non-hydrogen) atoms. The van der Waals surface area contributed by atoms with Gasteiger partial charge in [-0.15, -0.1) is 0 Å². The number of nitrogens with zero attached hydrogens (tertiary/aromatic N) is 1. The molecule has 1 amide bonds. The molecule has 4 rings (SSSR count). The van der Waals surface area contributed by atoms with Gasteiger partial charge in [0.2, 0.25) is 0 Å². The van der Waals surface area contributed by atoms with Gasteiger partial charge in [-0.3, -0.25) is 13.8 Å². The van der Waals surface area contributed by atoms with Crippen molar-refractivity contribution in [2.45, 2.75) is 30.9 Å². The van der Waals surface area contributed by atoms with Crippen molar-refractivity contribution in [3.05, 3.63) is 53.2 Å². The summed E-state index contributed by atoms with van der Waals surface area (Å²) in [6.07, 6.45) is -7.57. The van der Waals surface area contributed by atoms with Gasteiger partial charge in [-0.1, -0.05) is 18.2 Å². The summed E-state index contributed by atoms with van der Waals surface area (Å²) < 4.78 is 85.7. The molecule has 0 saturated carbocycles. The first-order valence-corrected chi connectivity index (χ1v) is 10.3. The number of nitrogens with one attached hydrogen (secondary N) is 1. The van der Waals surface area contributed by atoms with Crippen LogP contribution in [-0.2, 0) is 29.8 Å². The van der Waals surface area contributed by atoms with Gasteiger partial charge in [-0.05, 0) is 18.2 Å². The van der Waals surface area contributed by atoms with Crippen molar-refractivity contribution in [1.82, 2.24) is 10.2 Å². The fourth-order valence-electron chi connectivity index (χ4n) is 2.79. The Morgan fingerprint density at radius 3 is 3.03 bits per heavy atom. The molecular weight excluding hydrogens is 465 g/mol. The lowest BCUT2D eigenvalue weighted by Gasteiger charge is -2.33. The summed E-state index contributed by atoms with van der Waals surface area (Å²) in [5, 5.41) is 22.3. The van der Waals surface area contributed by atoms with Crippen molar-refractivity contribution in [1.29, 1.82) is 0 Å². The molecule has 5 atom stereocenters. The lowest BCUT2D eigenvalue weighted by Crippen LogP contribution is -2.47. The lowest BCUT2D eigenvalue weighted by molar-refractivity contribution is -0.208. The topological polar surface area (TPSA) is 127 Å². The minimum absolute atomic E-state index is 0.109. The summed E-state index contributed by atoms with van der Waals surface area (Å²) >= 11 is 5.71. The molecule has 3 N–H and O–H groups in total. The average Bonchev–Trinajstić information content (AvgIpc) is 2.92. The zero-order valence-electron chi connectivity index (χ0n) is 18.3. The van der Waals surface area contributed by atoms with E-state index in [4.69, 9.17) is 29.5 Å².